The van der Waals surface area contributed by atoms with Crippen LogP contribution in [0, 0.1) is 0 Å². The zero-order valence-electron chi connectivity index (χ0n) is 14.5. The molecule has 0 bridgehead atoms. The van der Waals surface area contributed by atoms with Crippen LogP contribution in [0.3, 0.4) is 0 Å². The van der Waals surface area contributed by atoms with Crippen LogP contribution in [-0.4, -0.2) is 26.4 Å². The van der Waals surface area contributed by atoms with Gasteiger partial charge in [0.2, 0.25) is 0 Å². The summed E-state index contributed by atoms with van der Waals surface area (Å²) in [5, 5.41) is 3.02. The number of methoxy groups -OCH3 is 1. The van der Waals surface area contributed by atoms with Crippen molar-refractivity contribution in [2.24, 2.45) is 0 Å². The lowest BCUT2D eigenvalue weighted by Crippen LogP contribution is -2.84. The van der Waals surface area contributed by atoms with Gasteiger partial charge in [0.05, 0.1) is 7.11 Å². The van der Waals surface area contributed by atoms with Gasteiger partial charge in [-0.1, -0.05) is 23.7 Å². The minimum Gasteiger partial charge on any atom is -0.493 e. The minimum atomic E-state index is 0.406. The maximum absolute atomic E-state index is 5.91. The van der Waals surface area contributed by atoms with E-state index >= 15 is 0 Å². The average Bonchev–Trinajstić information content (AvgIpc) is 3.15. The fourth-order valence-corrected chi connectivity index (χ4v) is 3.09. The molecule has 0 amide bonds. The van der Waals surface area contributed by atoms with Crippen molar-refractivity contribution in [1.29, 1.82) is 0 Å². The third-order valence-electron chi connectivity index (χ3n) is 4.37. The molecular weight excluding hydrogens is 338 g/mol. The first-order valence-corrected chi connectivity index (χ1v) is 9.10. The molecule has 0 unspecified atom stereocenters. The summed E-state index contributed by atoms with van der Waals surface area (Å²) in [7, 11) is 1.67. The normalized spacial score (nSPS) is 16.8. The molecule has 4 nitrogen and oxygen atoms in total. The lowest BCUT2D eigenvalue weighted by molar-refractivity contribution is -0.676. The molecule has 1 aliphatic heterocycles. The van der Waals surface area contributed by atoms with Crippen LogP contribution in [0.25, 0.3) is 0 Å². The van der Waals surface area contributed by atoms with E-state index in [9.17, 15) is 0 Å². The van der Waals surface area contributed by atoms with Gasteiger partial charge in [-0.2, -0.15) is 0 Å². The van der Waals surface area contributed by atoms with Crippen molar-refractivity contribution in [3.63, 3.8) is 0 Å². The van der Waals surface area contributed by atoms with Gasteiger partial charge in [-0.3, -0.25) is 0 Å². The van der Waals surface area contributed by atoms with E-state index < -0.39 is 0 Å². The summed E-state index contributed by atoms with van der Waals surface area (Å²) in [4.78, 5) is 0. The van der Waals surface area contributed by atoms with Crippen LogP contribution in [0.4, 0.5) is 0 Å². The van der Waals surface area contributed by atoms with Crippen molar-refractivity contribution >= 4 is 11.6 Å². The molecule has 2 aromatic carbocycles. The summed E-state index contributed by atoms with van der Waals surface area (Å²) < 4.78 is 17.0. The highest BCUT2D eigenvalue weighted by molar-refractivity contribution is 6.30. The lowest BCUT2D eigenvalue weighted by atomic mass is 10.2. The van der Waals surface area contributed by atoms with Crippen LogP contribution in [0.1, 0.15) is 24.0 Å². The Morgan fingerprint density at radius 3 is 2.64 bits per heavy atom. The monoisotopic (exact) mass is 362 g/mol. The molecule has 0 radical (unpaired) electrons. The number of hydrogen-bond donors (Lipinski definition) is 1. The highest BCUT2D eigenvalue weighted by atomic mass is 35.5. The second kappa shape index (κ2) is 9.09. The van der Waals surface area contributed by atoms with E-state index in [-0.39, 0.29) is 0 Å². The number of halogens is 1. The predicted octanol–water partition coefficient (Wildman–Crippen LogP) is 3.17. The van der Waals surface area contributed by atoms with Gasteiger partial charge >= 0.3 is 0 Å². The third kappa shape index (κ3) is 5.36. The van der Waals surface area contributed by atoms with Gasteiger partial charge in [0.1, 0.15) is 25.8 Å². The Balaban J connectivity index is 1.54. The fourth-order valence-electron chi connectivity index (χ4n) is 2.97. The summed E-state index contributed by atoms with van der Waals surface area (Å²) in [5.74, 6) is 1.51. The zero-order chi connectivity index (χ0) is 17.5. The quantitative estimate of drug-likeness (QED) is 0.784. The molecule has 1 heterocycles. The molecule has 1 fully saturated rings. The number of nitrogens with two attached hydrogens (primary N) is 1. The van der Waals surface area contributed by atoms with E-state index in [2.05, 4.69) is 11.4 Å². The highest BCUT2D eigenvalue weighted by Gasteiger charge is 2.17. The Morgan fingerprint density at radius 1 is 1.12 bits per heavy atom. The lowest BCUT2D eigenvalue weighted by Gasteiger charge is -2.13. The van der Waals surface area contributed by atoms with Crippen LogP contribution in [-0.2, 0) is 17.9 Å². The predicted molar refractivity (Wildman–Crippen MR) is 98.2 cm³/mol. The topological polar surface area (TPSA) is 44.3 Å². The van der Waals surface area contributed by atoms with Gasteiger partial charge < -0.3 is 19.5 Å². The molecule has 1 aliphatic rings. The van der Waals surface area contributed by atoms with E-state index in [0.717, 1.165) is 41.8 Å². The first-order valence-electron chi connectivity index (χ1n) is 8.72. The van der Waals surface area contributed by atoms with Gasteiger partial charge in [-0.25, -0.2) is 0 Å². The second-order valence-electron chi connectivity index (χ2n) is 6.26. The molecule has 0 saturated carbocycles. The highest BCUT2D eigenvalue weighted by Crippen LogP contribution is 2.28. The van der Waals surface area contributed by atoms with Crippen LogP contribution >= 0.6 is 11.6 Å². The van der Waals surface area contributed by atoms with Crippen LogP contribution < -0.4 is 14.8 Å². The summed E-state index contributed by atoms with van der Waals surface area (Å²) in [6.45, 7) is 3.31. The van der Waals surface area contributed by atoms with Crippen molar-refractivity contribution in [1.82, 2.24) is 0 Å². The summed E-state index contributed by atoms with van der Waals surface area (Å²) in [5.41, 5.74) is 2.29. The van der Waals surface area contributed by atoms with Gasteiger partial charge in [0.25, 0.3) is 0 Å². The van der Waals surface area contributed by atoms with E-state index in [4.69, 9.17) is 25.8 Å². The third-order valence-corrected chi connectivity index (χ3v) is 4.62. The summed E-state index contributed by atoms with van der Waals surface area (Å²) in [6.07, 6.45) is 2.77. The standard InChI is InChI=1S/C20H24ClNO3/c1-23-20-11-16(12-22-13-18-3-2-10-24-18)6-9-19(20)25-14-15-4-7-17(21)8-5-15/h4-9,11,18,22H,2-3,10,12-14H2,1H3/p+1/t18-/m1/s1. The number of ether oxygens (including phenoxy) is 3. The van der Waals surface area contributed by atoms with E-state index in [1.165, 1.54) is 18.4 Å². The second-order valence-corrected chi connectivity index (χ2v) is 6.70. The first kappa shape index (κ1) is 18.1. The van der Waals surface area contributed by atoms with Gasteiger partial charge in [-0.15, -0.1) is 0 Å². The van der Waals surface area contributed by atoms with Crippen molar-refractivity contribution in [2.75, 3.05) is 20.3 Å². The van der Waals surface area contributed by atoms with Crippen molar-refractivity contribution in [3.8, 4) is 11.5 Å². The Morgan fingerprint density at radius 2 is 1.92 bits per heavy atom. The first-order chi connectivity index (χ1) is 12.2. The molecule has 3 rings (SSSR count). The van der Waals surface area contributed by atoms with E-state index in [1.807, 2.05) is 36.4 Å². The maximum atomic E-state index is 5.91. The number of quaternary nitrogens is 1. The maximum Gasteiger partial charge on any atom is 0.161 e. The van der Waals surface area contributed by atoms with Crippen LogP contribution in [0.5, 0.6) is 11.5 Å². The number of benzene rings is 2. The van der Waals surface area contributed by atoms with Crippen LogP contribution in [0.2, 0.25) is 5.02 Å². The zero-order valence-corrected chi connectivity index (χ0v) is 15.3. The molecule has 2 N–H and O–H groups in total. The Labute approximate surface area is 154 Å². The Bertz CT molecular complexity index is 669. The van der Waals surface area contributed by atoms with Gasteiger partial charge in [0, 0.05) is 17.2 Å². The Hall–Kier alpha value is -1.75. The molecule has 1 saturated heterocycles. The Kier molecular flexibility index (Phi) is 6.56. The van der Waals surface area contributed by atoms with Crippen molar-refractivity contribution < 1.29 is 19.5 Å². The molecule has 0 spiro atoms. The smallest absolute Gasteiger partial charge is 0.161 e. The average molecular weight is 363 g/mol. The molecule has 134 valence electrons. The largest absolute Gasteiger partial charge is 0.493 e. The molecule has 0 aliphatic carbocycles. The molecule has 2 aromatic rings. The van der Waals surface area contributed by atoms with E-state index in [0.29, 0.717) is 12.7 Å². The molecule has 25 heavy (non-hydrogen) atoms. The summed E-state index contributed by atoms with van der Waals surface area (Å²) >= 11 is 5.91. The van der Waals surface area contributed by atoms with Gasteiger partial charge in [-0.05, 0) is 48.7 Å². The molecular formula is C20H25ClNO3+. The van der Waals surface area contributed by atoms with Crippen LogP contribution in [0.15, 0.2) is 42.5 Å². The van der Waals surface area contributed by atoms with Gasteiger partial charge in [0.15, 0.2) is 11.5 Å². The number of rotatable bonds is 8. The number of hydrogen-bond acceptors (Lipinski definition) is 3. The minimum absolute atomic E-state index is 0.406. The van der Waals surface area contributed by atoms with E-state index in [1.54, 1.807) is 7.11 Å². The fraction of sp³-hybridized carbons (Fsp3) is 0.400. The van der Waals surface area contributed by atoms with Crippen molar-refractivity contribution in [2.45, 2.75) is 32.1 Å². The SMILES string of the molecule is COc1cc(C[NH2+]C[C@H]2CCCO2)ccc1OCc1ccc(Cl)cc1. The van der Waals surface area contributed by atoms with Crippen molar-refractivity contribution in [3.05, 3.63) is 58.6 Å². The molecule has 5 heteroatoms. The molecule has 1 atom stereocenters. The molecule has 0 aromatic heterocycles. The summed E-state index contributed by atoms with van der Waals surface area (Å²) in [6, 6.07) is 13.8.